The third-order valence-corrected chi connectivity index (χ3v) is 3.75. The summed E-state index contributed by atoms with van der Waals surface area (Å²) in [6, 6.07) is 0.0856. The summed E-state index contributed by atoms with van der Waals surface area (Å²) in [5, 5.41) is 6.34. The standard InChI is InChI=1S/C12H22N2O.ClH/c1-2-5-12(6-7-12)9-14-11(15)10-4-3-8-13-10;/h10,13H,2-9H2,1H3,(H,14,15);1H/t10-;/m0./s1. The van der Waals surface area contributed by atoms with Crippen LogP contribution in [-0.4, -0.2) is 25.0 Å². The first-order chi connectivity index (χ1) is 7.26. The zero-order valence-electron chi connectivity index (χ0n) is 10.1. The Hall–Kier alpha value is -0.280. The molecule has 1 saturated heterocycles. The maximum Gasteiger partial charge on any atom is 0.237 e. The molecule has 0 unspecified atom stereocenters. The fourth-order valence-electron chi connectivity index (χ4n) is 2.53. The van der Waals surface area contributed by atoms with Crippen LogP contribution in [0.2, 0.25) is 0 Å². The molecule has 16 heavy (non-hydrogen) atoms. The van der Waals surface area contributed by atoms with Gasteiger partial charge in [-0.05, 0) is 44.1 Å². The fraction of sp³-hybridized carbons (Fsp3) is 0.917. The van der Waals surface area contributed by atoms with Gasteiger partial charge in [-0.1, -0.05) is 13.3 Å². The Kier molecular flexibility index (Phi) is 5.06. The van der Waals surface area contributed by atoms with Crippen LogP contribution in [0.15, 0.2) is 0 Å². The van der Waals surface area contributed by atoms with E-state index in [0.29, 0.717) is 5.41 Å². The van der Waals surface area contributed by atoms with Gasteiger partial charge in [-0.15, -0.1) is 12.4 Å². The lowest BCUT2D eigenvalue weighted by Gasteiger charge is -2.17. The van der Waals surface area contributed by atoms with E-state index >= 15 is 0 Å². The van der Waals surface area contributed by atoms with Crippen molar-refractivity contribution in [1.82, 2.24) is 10.6 Å². The molecule has 2 N–H and O–H groups in total. The third-order valence-electron chi connectivity index (χ3n) is 3.75. The summed E-state index contributed by atoms with van der Waals surface area (Å²) in [7, 11) is 0. The van der Waals surface area contributed by atoms with E-state index < -0.39 is 0 Å². The van der Waals surface area contributed by atoms with Crippen molar-refractivity contribution >= 4 is 18.3 Å². The maximum absolute atomic E-state index is 11.8. The second kappa shape index (κ2) is 5.87. The van der Waals surface area contributed by atoms with E-state index in [-0.39, 0.29) is 24.4 Å². The quantitative estimate of drug-likeness (QED) is 0.778. The minimum Gasteiger partial charge on any atom is -0.354 e. The van der Waals surface area contributed by atoms with Crippen molar-refractivity contribution in [1.29, 1.82) is 0 Å². The molecule has 0 aromatic heterocycles. The number of halogens is 1. The molecular weight excluding hydrogens is 224 g/mol. The van der Waals surface area contributed by atoms with Crippen molar-refractivity contribution in [3.63, 3.8) is 0 Å². The zero-order valence-corrected chi connectivity index (χ0v) is 10.9. The SMILES string of the molecule is CCCC1(CNC(=O)[C@@H]2CCCN2)CC1.Cl. The van der Waals surface area contributed by atoms with E-state index in [1.807, 2.05) is 0 Å². The van der Waals surface area contributed by atoms with Gasteiger partial charge in [0.1, 0.15) is 0 Å². The Bertz CT molecular complexity index is 235. The number of nitrogens with one attached hydrogen (secondary N) is 2. The largest absolute Gasteiger partial charge is 0.354 e. The predicted octanol–water partition coefficient (Wildman–Crippen LogP) is 1.86. The first-order valence-electron chi connectivity index (χ1n) is 6.27. The van der Waals surface area contributed by atoms with Gasteiger partial charge < -0.3 is 10.6 Å². The minimum absolute atomic E-state index is 0. The third kappa shape index (κ3) is 3.36. The van der Waals surface area contributed by atoms with Gasteiger partial charge in [0.05, 0.1) is 6.04 Å². The first kappa shape index (κ1) is 13.8. The van der Waals surface area contributed by atoms with Gasteiger partial charge >= 0.3 is 0 Å². The second-order valence-corrected chi connectivity index (χ2v) is 5.12. The van der Waals surface area contributed by atoms with Gasteiger partial charge in [-0.25, -0.2) is 0 Å². The summed E-state index contributed by atoms with van der Waals surface area (Å²) in [5.41, 5.74) is 0.475. The van der Waals surface area contributed by atoms with Crippen molar-refractivity contribution in [3.8, 4) is 0 Å². The molecular formula is C12H23ClN2O. The van der Waals surface area contributed by atoms with Crippen LogP contribution in [0.25, 0.3) is 0 Å². The topological polar surface area (TPSA) is 41.1 Å². The molecule has 0 spiro atoms. The Morgan fingerprint density at radius 1 is 1.50 bits per heavy atom. The highest BCUT2D eigenvalue weighted by Crippen LogP contribution is 2.48. The molecule has 1 heterocycles. The molecule has 1 aliphatic heterocycles. The molecule has 1 aliphatic carbocycles. The molecule has 0 aromatic carbocycles. The highest BCUT2D eigenvalue weighted by atomic mass is 35.5. The normalized spacial score (nSPS) is 25.9. The van der Waals surface area contributed by atoms with Crippen LogP contribution in [0.3, 0.4) is 0 Å². The molecule has 2 rings (SSSR count). The van der Waals surface area contributed by atoms with Gasteiger partial charge in [0.15, 0.2) is 0 Å². The summed E-state index contributed by atoms with van der Waals surface area (Å²) in [5.74, 6) is 0.217. The second-order valence-electron chi connectivity index (χ2n) is 5.12. The van der Waals surface area contributed by atoms with E-state index in [2.05, 4.69) is 17.6 Å². The number of hydrogen-bond acceptors (Lipinski definition) is 2. The van der Waals surface area contributed by atoms with E-state index in [9.17, 15) is 4.79 Å². The van der Waals surface area contributed by atoms with Crippen molar-refractivity contribution in [2.75, 3.05) is 13.1 Å². The van der Waals surface area contributed by atoms with Crippen LogP contribution in [0.1, 0.15) is 45.4 Å². The molecule has 4 heteroatoms. The molecule has 1 saturated carbocycles. The van der Waals surface area contributed by atoms with E-state index in [1.165, 1.54) is 25.7 Å². The number of hydrogen-bond donors (Lipinski definition) is 2. The van der Waals surface area contributed by atoms with Crippen molar-refractivity contribution in [2.24, 2.45) is 5.41 Å². The molecule has 2 aliphatic rings. The molecule has 0 radical (unpaired) electrons. The van der Waals surface area contributed by atoms with Crippen LogP contribution in [0.5, 0.6) is 0 Å². The Morgan fingerprint density at radius 3 is 2.75 bits per heavy atom. The van der Waals surface area contributed by atoms with Crippen LogP contribution >= 0.6 is 12.4 Å². The summed E-state index contributed by atoms with van der Waals surface area (Å²) in [4.78, 5) is 11.8. The molecule has 0 bridgehead atoms. The summed E-state index contributed by atoms with van der Waals surface area (Å²) in [6.07, 6.45) is 7.26. The number of carbonyl (C=O) groups is 1. The van der Waals surface area contributed by atoms with Crippen LogP contribution in [0.4, 0.5) is 0 Å². The van der Waals surface area contributed by atoms with Gasteiger partial charge in [0.25, 0.3) is 0 Å². The summed E-state index contributed by atoms with van der Waals surface area (Å²) in [6.45, 7) is 4.12. The van der Waals surface area contributed by atoms with Gasteiger partial charge in [-0.3, -0.25) is 4.79 Å². The Balaban J connectivity index is 0.00000128. The van der Waals surface area contributed by atoms with Crippen molar-refractivity contribution in [3.05, 3.63) is 0 Å². The van der Waals surface area contributed by atoms with Gasteiger partial charge in [-0.2, -0.15) is 0 Å². The highest BCUT2D eigenvalue weighted by molar-refractivity contribution is 5.85. The lowest BCUT2D eigenvalue weighted by molar-refractivity contribution is -0.123. The molecule has 94 valence electrons. The molecule has 3 nitrogen and oxygen atoms in total. The lowest BCUT2D eigenvalue weighted by atomic mass is 10.0. The number of carbonyl (C=O) groups excluding carboxylic acids is 1. The fourth-order valence-corrected chi connectivity index (χ4v) is 2.53. The lowest BCUT2D eigenvalue weighted by Crippen LogP contribution is -2.42. The summed E-state index contributed by atoms with van der Waals surface area (Å²) < 4.78 is 0. The van der Waals surface area contributed by atoms with E-state index in [0.717, 1.165) is 25.9 Å². The zero-order chi connectivity index (χ0) is 10.7. The number of amides is 1. The average Bonchev–Trinajstić information content (AvgIpc) is 2.81. The molecule has 1 atom stereocenters. The molecule has 2 fully saturated rings. The van der Waals surface area contributed by atoms with Crippen molar-refractivity contribution < 1.29 is 4.79 Å². The first-order valence-corrected chi connectivity index (χ1v) is 6.27. The maximum atomic E-state index is 11.8. The smallest absolute Gasteiger partial charge is 0.237 e. The molecule has 1 amide bonds. The Labute approximate surface area is 104 Å². The minimum atomic E-state index is 0. The number of rotatable bonds is 5. The highest BCUT2D eigenvalue weighted by Gasteiger charge is 2.41. The van der Waals surface area contributed by atoms with Crippen molar-refractivity contribution in [2.45, 2.75) is 51.5 Å². The van der Waals surface area contributed by atoms with Gasteiger partial charge in [0.2, 0.25) is 5.91 Å². The van der Waals surface area contributed by atoms with Crippen LogP contribution < -0.4 is 10.6 Å². The van der Waals surface area contributed by atoms with E-state index in [1.54, 1.807) is 0 Å². The van der Waals surface area contributed by atoms with E-state index in [4.69, 9.17) is 0 Å². The summed E-state index contributed by atoms with van der Waals surface area (Å²) >= 11 is 0. The predicted molar refractivity (Wildman–Crippen MR) is 67.9 cm³/mol. The van der Waals surface area contributed by atoms with Crippen LogP contribution in [0, 0.1) is 5.41 Å². The average molecular weight is 247 g/mol. The van der Waals surface area contributed by atoms with Crippen LogP contribution in [-0.2, 0) is 4.79 Å². The molecule has 0 aromatic rings. The Morgan fingerprint density at radius 2 is 2.25 bits per heavy atom. The monoisotopic (exact) mass is 246 g/mol. The van der Waals surface area contributed by atoms with Gasteiger partial charge in [0, 0.05) is 6.54 Å².